The average molecular weight is 243 g/mol. The van der Waals surface area contributed by atoms with Crippen molar-refractivity contribution in [1.82, 2.24) is 10.6 Å². The average Bonchev–Trinajstić information content (AvgIpc) is 2.19. The summed E-state index contributed by atoms with van der Waals surface area (Å²) in [6, 6.07) is 0. The number of carbonyl (C=O) groups excluding carboxylic acids is 3. The molecule has 4 N–H and O–H groups in total. The second-order valence-electron chi connectivity index (χ2n) is 4.85. The van der Waals surface area contributed by atoms with Gasteiger partial charge in [-0.25, -0.2) is 0 Å². The first-order valence-electron chi connectivity index (χ1n) is 5.57. The number of rotatable bonds is 6. The number of carbonyl (C=O) groups is 3. The number of hydrogen-bond acceptors (Lipinski definition) is 3. The SMILES string of the molecule is CC(C)(C)C(=O)NCCCC(=O)NCC(N)=O. The van der Waals surface area contributed by atoms with E-state index in [4.69, 9.17) is 5.73 Å². The summed E-state index contributed by atoms with van der Waals surface area (Å²) in [6.07, 6.45) is 0.796. The summed E-state index contributed by atoms with van der Waals surface area (Å²) in [5.74, 6) is -0.858. The minimum absolute atomic E-state index is 0.0463. The van der Waals surface area contributed by atoms with Crippen molar-refractivity contribution in [2.24, 2.45) is 11.1 Å². The molecule has 0 aliphatic rings. The Kier molecular flexibility index (Phi) is 6.23. The Labute approximate surface area is 101 Å². The zero-order valence-corrected chi connectivity index (χ0v) is 10.6. The van der Waals surface area contributed by atoms with Gasteiger partial charge in [-0.05, 0) is 6.42 Å². The third-order valence-corrected chi connectivity index (χ3v) is 2.01. The van der Waals surface area contributed by atoms with Gasteiger partial charge in [-0.15, -0.1) is 0 Å². The van der Waals surface area contributed by atoms with Crippen molar-refractivity contribution in [2.75, 3.05) is 13.1 Å². The molecule has 0 heterocycles. The highest BCUT2D eigenvalue weighted by atomic mass is 16.2. The summed E-state index contributed by atoms with van der Waals surface area (Å²) in [7, 11) is 0. The Morgan fingerprint density at radius 3 is 2.18 bits per heavy atom. The molecule has 0 aliphatic heterocycles. The van der Waals surface area contributed by atoms with Gasteiger partial charge in [0, 0.05) is 18.4 Å². The smallest absolute Gasteiger partial charge is 0.236 e. The molecule has 0 spiro atoms. The molecular formula is C11H21N3O3. The third-order valence-electron chi connectivity index (χ3n) is 2.01. The first kappa shape index (κ1) is 15.4. The van der Waals surface area contributed by atoms with E-state index in [1.54, 1.807) is 0 Å². The van der Waals surface area contributed by atoms with Crippen LogP contribution in [0.25, 0.3) is 0 Å². The molecule has 0 fully saturated rings. The number of hydrogen-bond donors (Lipinski definition) is 3. The Balaban J connectivity index is 3.62. The highest BCUT2D eigenvalue weighted by molar-refractivity contribution is 5.83. The molecule has 98 valence electrons. The molecule has 0 bridgehead atoms. The van der Waals surface area contributed by atoms with Gasteiger partial charge in [0.05, 0.1) is 6.54 Å². The number of nitrogens with two attached hydrogens (primary N) is 1. The fourth-order valence-corrected chi connectivity index (χ4v) is 0.990. The first-order chi connectivity index (χ1) is 7.73. The molecule has 0 aliphatic carbocycles. The Morgan fingerprint density at radius 1 is 1.12 bits per heavy atom. The quantitative estimate of drug-likeness (QED) is 0.550. The highest BCUT2D eigenvalue weighted by Crippen LogP contribution is 2.12. The van der Waals surface area contributed by atoms with Crippen LogP contribution in [0.5, 0.6) is 0 Å². The predicted molar refractivity (Wildman–Crippen MR) is 63.9 cm³/mol. The topological polar surface area (TPSA) is 101 Å². The van der Waals surface area contributed by atoms with Crippen LogP contribution in [0.4, 0.5) is 0 Å². The van der Waals surface area contributed by atoms with E-state index in [1.807, 2.05) is 20.8 Å². The van der Waals surface area contributed by atoms with E-state index in [-0.39, 0.29) is 24.8 Å². The largest absolute Gasteiger partial charge is 0.368 e. The maximum Gasteiger partial charge on any atom is 0.236 e. The van der Waals surface area contributed by atoms with Gasteiger partial charge in [0.15, 0.2) is 0 Å². The molecule has 0 aromatic rings. The van der Waals surface area contributed by atoms with Gasteiger partial charge in [0.1, 0.15) is 0 Å². The summed E-state index contributed by atoms with van der Waals surface area (Å²) in [4.78, 5) is 33.0. The lowest BCUT2D eigenvalue weighted by molar-refractivity contribution is -0.128. The van der Waals surface area contributed by atoms with Crippen molar-refractivity contribution in [2.45, 2.75) is 33.6 Å². The summed E-state index contributed by atoms with van der Waals surface area (Å²) in [5.41, 5.74) is 4.45. The number of nitrogens with one attached hydrogen (secondary N) is 2. The third kappa shape index (κ3) is 8.24. The van der Waals surface area contributed by atoms with Gasteiger partial charge in [0.2, 0.25) is 17.7 Å². The van der Waals surface area contributed by atoms with Crippen molar-refractivity contribution in [3.8, 4) is 0 Å². The van der Waals surface area contributed by atoms with Crippen molar-refractivity contribution in [3.63, 3.8) is 0 Å². The van der Waals surface area contributed by atoms with E-state index in [0.717, 1.165) is 0 Å². The maximum atomic E-state index is 11.5. The summed E-state index contributed by atoms with van der Waals surface area (Å²) in [6.45, 7) is 5.76. The molecule has 3 amide bonds. The van der Waals surface area contributed by atoms with E-state index in [0.29, 0.717) is 13.0 Å². The molecule has 17 heavy (non-hydrogen) atoms. The number of primary amides is 1. The van der Waals surface area contributed by atoms with Gasteiger partial charge in [-0.2, -0.15) is 0 Å². The van der Waals surface area contributed by atoms with Gasteiger partial charge < -0.3 is 16.4 Å². The minimum atomic E-state index is -0.570. The molecule has 6 heteroatoms. The molecule has 0 aromatic carbocycles. The Hall–Kier alpha value is -1.59. The van der Waals surface area contributed by atoms with Crippen molar-refractivity contribution < 1.29 is 14.4 Å². The maximum absolute atomic E-state index is 11.5. The molecule has 0 atom stereocenters. The van der Waals surface area contributed by atoms with Crippen molar-refractivity contribution >= 4 is 17.7 Å². The van der Waals surface area contributed by atoms with E-state index >= 15 is 0 Å². The van der Waals surface area contributed by atoms with Crippen molar-refractivity contribution in [1.29, 1.82) is 0 Å². The zero-order valence-electron chi connectivity index (χ0n) is 10.6. The number of amides is 3. The minimum Gasteiger partial charge on any atom is -0.368 e. The van der Waals surface area contributed by atoms with E-state index in [1.165, 1.54) is 0 Å². The van der Waals surface area contributed by atoms with Crippen LogP contribution in [-0.4, -0.2) is 30.8 Å². The molecular weight excluding hydrogens is 222 g/mol. The van der Waals surface area contributed by atoms with Crippen LogP contribution >= 0.6 is 0 Å². The summed E-state index contributed by atoms with van der Waals surface area (Å²) in [5, 5.41) is 5.11. The van der Waals surface area contributed by atoms with Crippen LogP contribution in [0, 0.1) is 5.41 Å². The van der Waals surface area contributed by atoms with Gasteiger partial charge >= 0.3 is 0 Å². The van der Waals surface area contributed by atoms with Gasteiger partial charge in [0.25, 0.3) is 0 Å². The summed E-state index contributed by atoms with van der Waals surface area (Å²) < 4.78 is 0. The normalized spacial score (nSPS) is 10.8. The van der Waals surface area contributed by atoms with Crippen LogP contribution in [0.1, 0.15) is 33.6 Å². The van der Waals surface area contributed by atoms with Crippen molar-refractivity contribution in [3.05, 3.63) is 0 Å². The van der Waals surface area contributed by atoms with E-state index < -0.39 is 11.3 Å². The Morgan fingerprint density at radius 2 is 1.71 bits per heavy atom. The molecule has 0 unspecified atom stereocenters. The lowest BCUT2D eigenvalue weighted by atomic mass is 9.96. The molecule has 0 radical (unpaired) electrons. The molecule has 0 saturated carbocycles. The molecule has 0 rings (SSSR count). The van der Waals surface area contributed by atoms with Crippen LogP contribution in [0.15, 0.2) is 0 Å². The second kappa shape index (κ2) is 6.88. The standard InChI is InChI=1S/C11H21N3O3/c1-11(2,3)10(17)13-6-4-5-9(16)14-7-8(12)15/h4-7H2,1-3H3,(H2,12,15)(H,13,17)(H,14,16). The van der Waals surface area contributed by atoms with Crippen LogP contribution < -0.4 is 16.4 Å². The van der Waals surface area contributed by atoms with Gasteiger partial charge in [-0.1, -0.05) is 20.8 Å². The predicted octanol–water partition coefficient (Wildman–Crippen LogP) is -0.470. The van der Waals surface area contributed by atoms with E-state index in [9.17, 15) is 14.4 Å². The second-order valence-corrected chi connectivity index (χ2v) is 4.85. The lowest BCUT2D eigenvalue weighted by Crippen LogP contribution is -2.36. The molecule has 0 saturated heterocycles. The van der Waals surface area contributed by atoms with E-state index in [2.05, 4.69) is 10.6 Å². The molecule has 0 aromatic heterocycles. The first-order valence-corrected chi connectivity index (χ1v) is 5.57. The monoisotopic (exact) mass is 243 g/mol. The van der Waals surface area contributed by atoms with Crippen LogP contribution in [-0.2, 0) is 14.4 Å². The zero-order chi connectivity index (χ0) is 13.5. The fraction of sp³-hybridized carbons (Fsp3) is 0.727. The fourth-order valence-electron chi connectivity index (χ4n) is 0.990. The highest BCUT2D eigenvalue weighted by Gasteiger charge is 2.20. The van der Waals surface area contributed by atoms with Crippen LogP contribution in [0.3, 0.4) is 0 Å². The molecule has 6 nitrogen and oxygen atoms in total. The Bertz CT molecular complexity index is 295. The lowest BCUT2D eigenvalue weighted by Gasteiger charge is -2.17. The van der Waals surface area contributed by atoms with Crippen LogP contribution in [0.2, 0.25) is 0 Å². The van der Waals surface area contributed by atoms with Gasteiger partial charge in [-0.3, -0.25) is 14.4 Å². The summed E-state index contributed by atoms with van der Waals surface area (Å²) >= 11 is 0.